The Balaban J connectivity index is 2.07. The van der Waals surface area contributed by atoms with Gasteiger partial charge in [-0.3, -0.25) is 9.59 Å². The van der Waals surface area contributed by atoms with Gasteiger partial charge in [-0.15, -0.1) is 11.8 Å². The van der Waals surface area contributed by atoms with Crippen molar-refractivity contribution in [2.24, 2.45) is 0 Å². The summed E-state index contributed by atoms with van der Waals surface area (Å²) in [6, 6.07) is 0. The second kappa shape index (κ2) is 3.31. The van der Waals surface area contributed by atoms with Crippen LogP contribution in [0.25, 0.3) is 0 Å². The number of carbonyl (C=O) groups is 2. The Morgan fingerprint density at radius 2 is 2.46 bits per heavy atom. The zero-order chi connectivity index (χ0) is 9.42. The third-order valence-corrected chi connectivity index (χ3v) is 3.26. The lowest BCUT2D eigenvalue weighted by Gasteiger charge is -2.26. The Morgan fingerprint density at radius 1 is 1.69 bits per heavy atom. The smallest absolute Gasteiger partial charge is 0.303 e. The monoisotopic (exact) mass is 202 g/mol. The molecule has 0 aliphatic carbocycles. The van der Waals surface area contributed by atoms with Crippen molar-refractivity contribution in [2.45, 2.75) is 31.0 Å². The van der Waals surface area contributed by atoms with E-state index in [4.69, 9.17) is 9.47 Å². The molecule has 2 heterocycles. The summed E-state index contributed by atoms with van der Waals surface area (Å²) in [4.78, 5) is 22.1. The highest BCUT2D eigenvalue weighted by Gasteiger charge is 2.44. The molecule has 2 rings (SSSR count). The van der Waals surface area contributed by atoms with Crippen LogP contribution in [0, 0.1) is 0 Å². The van der Waals surface area contributed by atoms with E-state index in [0.717, 1.165) is 5.75 Å². The van der Waals surface area contributed by atoms with Gasteiger partial charge in [0.05, 0.1) is 0 Å². The number of Topliss-reactive ketones (excluding diaryl/α,β-unsaturated/α-hetero) is 1. The summed E-state index contributed by atoms with van der Waals surface area (Å²) in [6.45, 7) is 1.31. The maximum absolute atomic E-state index is 11.4. The maximum Gasteiger partial charge on any atom is 0.303 e. The standard InChI is InChI=1S/C8H10O4S/c1-4(9)11-8-5(10)2-7-12-6(8)3-13-7/h6-8H,2-3H2,1H3/t6-,7+,8+/m1/s1. The van der Waals surface area contributed by atoms with Crippen LogP contribution in [0.15, 0.2) is 0 Å². The van der Waals surface area contributed by atoms with E-state index in [1.807, 2.05) is 0 Å². The van der Waals surface area contributed by atoms with Gasteiger partial charge in [0.1, 0.15) is 11.5 Å². The Morgan fingerprint density at radius 3 is 3.15 bits per heavy atom. The highest BCUT2D eigenvalue weighted by atomic mass is 32.2. The number of fused-ring (bicyclic) bond motifs is 2. The van der Waals surface area contributed by atoms with Crippen molar-refractivity contribution in [3.63, 3.8) is 0 Å². The zero-order valence-corrected chi connectivity index (χ0v) is 8.00. The summed E-state index contributed by atoms with van der Waals surface area (Å²) in [5.74, 6) is 0.313. The predicted octanol–water partition coefficient (Wildman–Crippen LogP) is 0.349. The third-order valence-electron chi connectivity index (χ3n) is 2.09. The summed E-state index contributed by atoms with van der Waals surface area (Å²) in [6.07, 6.45) is -0.525. The Hall–Kier alpha value is -0.550. The lowest BCUT2D eigenvalue weighted by atomic mass is 10.1. The second-order valence-electron chi connectivity index (χ2n) is 3.14. The average molecular weight is 202 g/mol. The highest BCUT2D eigenvalue weighted by Crippen LogP contribution is 2.35. The van der Waals surface area contributed by atoms with Gasteiger partial charge in [-0.25, -0.2) is 0 Å². The number of rotatable bonds is 1. The summed E-state index contributed by atoms with van der Waals surface area (Å²) >= 11 is 1.61. The largest absolute Gasteiger partial charge is 0.452 e. The van der Waals surface area contributed by atoms with Crippen LogP contribution in [0.1, 0.15) is 13.3 Å². The molecule has 0 radical (unpaired) electrons. The van der Waals surface area contributed by atoms with Crippen LogP contribution in [0.4, 0.5) is 0 Å². The number of carbonyl (C=O) groups excluding carboxylic acids is 2. The molecule has 2 bridgehead atoms. The van der Waals surface area contributed by atoms with Gasteiger partial charge in [0.15, 0.2) is 11.9 Å². The summed E-state index contributed by atoms with van der Waals surface area (Å²) in [5.41, 5.74) is -0.00990. The lowest BCUT2D eigenvalue weighted by Crippen LogP contribution is -2.43. The fraction of sp³-hybridized carbons (Fsp3) is 0.750. The number of hydrogen-bond donors (Lipinski definition) is 0. The molecule has 0 N–H and O–H groups in total. The molecule has 2 aliphatic heterocycles. The molecular weight excluding hydrogens is 192 g/mol. The predicted molar refractivity (Wildman–Crippen MR) is 46.3 cm³/mol. The van der Waals surface area contributed by atoms with Gasteiger partial charge in [0.2, 0.25) is 0 Å². The van der Waals surface area contributed by atoms with E-state index in [2.05, 4.69) is 0 Å². The first-order chi connectivity index (χ1) is 6.16. The van der Waals surface area contributed by atoms with Crippen molar-refractivity contribution < 1.29 is 19.1 Å². The minimum absolute atomic E-state index is 0.00990. The molecular formula is C8H10O4S. The van der Waals surface area contributed by atoms with Gasteiger partial charge < -0.3 is 9.47 Å². The second-order valence-corrected chi connectivity index (χ2v) is 4.33. The molecule has 2 saturated heterocycles. The lowest BCUT2D eigenvalue weighted by molar-refractivity contribution is -0.167. The van der Waals surface area contributed by atoms with Gasteiger partial charge in [0, 0.05) is 19.1 Å². The molecule has 2 fully saturated rings. The van der Waals surface area contributed by atoms with Crippen molar-refractivity contribution >= 4 is 23.5 Å². The fourth-order valence-corrected chi connectivity index (χ4v) is 2.71. The van der Waals surface area contributed by atoms with E-state index in [0.29, 0.717) is 6.42 Å². The summed E-state index contributed by atoms with van der Waals surface area (Å²) in [7, 11) is 0. The van der Waals surface area contributed by atoms with Crippen LogP contribution in [-0.2, 0) is 19.1 Å². The van der Waals surface area contributed by atoms with Crippen molar-refractivity contribution in [3.05, 3.63) is 0 Å². The van der Waals surface area contributed by atoms with Crippen molar-refractivity contribution in [2.75, 3.05) is 5.75 Å². The number of esters is 1. The first-order valence-electron chi connectivity index (χ1n) is 4.14. The average Bonchev–Trinajstić information content (AvgIpc) is 2.42. The van der Waals surface area contributed by atoms with Crippen LogP contribution in [-0.4, -0.2) is 35.1 Å². The molecule has 2 aliphatic rings. The number of ether oxygens (including phenoxy) is 2. The SMILES string of the molecule is CC(=O)O[C@H]1C(=O)C[C@H]2O[C@@H]1CS2. The van der Waals surface area contributed by atoms with Crippen molar-refractivity contribution in [3.8, 4) is 0 Å². The molecule has 5 heteroatoms. The quantitative estimate of drug-likeness (QED) is 0.574. The third kappa shape index (κ3) is 1.71. The molecule has 0 amide bonds. The van der Waals surface area contributed by atoms with Crippen LogP contribution >= 0.6 is 11.8 Å². The van der Waals surface area contributed by atoms with Crippen LogP contribution in [0.5, 0.6) is 0 Å². The number of ketones is 1. The molecule has 0 aromatic rings. The maximum atomic E-state index is 11.4. The fourth-order valence-electron chi connectivity index (χ4n) is 1.55. The molecule has 72 valence electrons. The van der Waals surface area contributed by atoms with Gasteiger partial charge in [-0.1, -0.05) is 0 Å². The molecule has 0 unspecified atom stereocenters. The topological polar surface area (TPSA) is 52.6 Å². The molecule has 3 atom stereocenters. The number of thioether (sulfide) groups is 1. The minimum Gasteiger partial charge on any atom is -0.452 e. The first kappa shape index (κ1) is 9.02. The molecule has 0 aromatic heterocycles. The Bertz CT molecular complexity index is 253. The zero-order valence-electron chi connectivity index (χ0n) is 7.19. The Kier molecular flexibility index (Phi) is 2.29. The van der Waals surface area contributed by atoms with Crippen LogP contribution in [0.3, 0.4) is 0 Å². The van der Waals surface area contributed by atoms with E-state index >= 15 is 0 Å². The summed E-state index contributed by atoms with van der Waals surface area (Å²) in [5, 5.41) is 0. The van der Waals surface area contributed by atoms with Crippen LogP contribution < -0.4 is 0 Å². The van der Waals surface area contributed by atoms with Crippen LogP contribution in [0.2, 0.25) is 0 Å². The summed E-state index contributed by atoms with van der Waals surface area (Å²) < 4.78 is 10.4. The van der Waals surface area contributed by atoms with E-state index in [1.165, 1.54) is 6.92 Å². The van der Waals surface area contributed by atoms with E-state index in [9.17, 15) is 9.59 Å². The highest BCUT2D eigenvalue weighted by molar-refractivity contribution is 8.00. The van der Waals surface area contributed by atoms with Gasteiger partial charge in [-0.05, 0) is 0 Å². The molecule has 4 nitrogen and oxygen atoms in total. The van der Waals surface area contributed by atoms with Gasteiger partial charge in [0.25, 0.3) is 0 Å². The number of hydrogen-bond acceptors (Lipinski definition) is 5. The van der Waals surface area contributed by atoms with Crippen molar-refractivity contribution in [1.29, 1.82) is 0 Å². The van der Waals surface area contributed by atoms with Gasteiger partial charge in [-0.2, -0.15) is 0 Å². The normalized spacial score (nSPS) is 37.6. The van der Waals surface area contributed by atoms with Crippen molar-refractivity contribution in [1.82, 2.24) is 0 Å². The Labute approximate surface area is 80.0 Å². The van der Waals surface area contributed by atoms with E-state index < -0.39 is 12.1 Å². The minimum atomic E-state index is -0.663. The molecule has 0 aromatic carbocycles. The van der Waals surface area contributed by atoms with Gasteiger partial charge >= 0.3 is 5.97 Å². The molecule has 0 saturated carbocycles. The molecule has 0 spiro atoms. The molecule has 13 heavy (non-hydrogen) atoms. The van der Waals surface area contributed by atoms with E-state index in [-0.39, 0.29) is 17.3 Å². The first-order valence-corrected chi connectivity index (χ1v) is 5.18. The van der Waals surface area contributed by atoms with E-state index in [1.54, 1.807) is 11.8 Å².